The van der Waals surface area contributed by atoms with Gasteiger partial charge in [0.2, 0.25) is 12.7 Å². The molecule has 5 nitrogen and oxygen atoms in total. The van der Waals surface area contributed by atoms with Crippen molar-refractivity contribution in [2.75, 3.05) is 19.1 Å². The number of carbonyl (C=O) groups is 1. The maximum atomic E-state index is 12.0. The second-order valence-corrected chi connectivity index (χ2v) is 7.96. The molecular weight excluding hydrogens is 368 g/mol. The highest BCUT2D eigenvalue weighted by Gasteiger charge is 2.13. The van der Waals surface area contributed by atoms with Crippen LogP contribution in [-0.4, -0.2) is 30.0 Å². The lowest BCUT2D eigenvalue weighted by Gasteiger charge is -2.06. The minimum Gasteiger partial charge on any atom is -0.454 e. The molecule has 2 aromatic carbocycles. The highest BCUT2D eigenvalue weighted by atomic mass is 32.2. The van der Waals surface area contributed by atoms with E-state index in [0.29, 0.717) is 12.3 Å². The molecule has 1 aromatic heterocycles. The number of aromatic nitrogens is 1. The van der Waals surface area contributed by atoms with Gasteiger partial charge in [-0.25, -0.2) is 4.98 Å². The molecule has 0 radical (unpaired) electrons. The summed E-state index contributed by atoms with van der Waals surface area (Å²) in [6, 6.07) is 14.0. The minimum atomic E-state index is 0.0526. The minimum absolute atomic E-state index is 0.0526. The molecule has 7 heteroatoms. The van der Waals surface area contributed by atoms with E-state index < -0.39 is 0 Å². The summed E-state index contributed by atoms with van der Waals surface area (Å²) in [7, 11) is 0. The van der Waals surface area contributed by atoms with Gasteiger partial charge in [-0.2, -0.15) is 0 Å². The molecule has 0 aliphatic carbocycles. The van der Waals surface area contributed by atoms with Crippen LogP contribution in [0, 0.1) is 0 Å². The summed E-state index contributed by atoms with van der Waals surface area (Å²) in [4.78, 5) is 16.6. The Morgan fingerprint density at radius 1 is 1.19 bits per heavy atom. The number of ether oxygens (including phenoxy) is 2. The Bertz CT molecular complexity index is 893. The molecule has 1 N–H and O–H groups in total. The number of nitrogens with zero attached hydrogens (tertiary/aromatic N) is 1. The van der Waals surface area contributed by atoms with Gasteiger partial charge in [-0.1, -0.05) is 18.2 Å². The average molecular weight is 386 g/mol. The third-order valence-corrected chi connectivity index (χ3v) is 6.13. The standard InChI is InChI=1S/C19H18N2O3S2/c22-18(10-25-11-19-21-14-3-1-2-4-17(14)26-19)20-8-7-13-5-6-15-16(9-13)24-12-23-15/h1-6,9H,7-8,10-12H2,(H,20,22). The largest absolute Gasteiger partial charge is 0.454 e. The van der Waals surface area contributed by atoms with E-state index in [1.165, 1.54) is 4.70 Å². The first kappa shape index (κ1) is 17.2. The lowest BCUT2D eigenvalue weighted by molar-refractivity contribution is -0.118. The Hall–Kier alpha value is -2.25. The van der Waals surface area contributed by atoms with Crippen molar-refractivity contribution in [3.8, 4) is 11.5 Å². The van der Waals surface area contributed by atoms with Gasteiger partial charge in [0, 0.05) is 12.3 Å². The average Bonchev–Trinajstić information content (AvgIpc) is 3.27. The zero-order valence-electron chi connectivity index (χ0n) is 14.1. The molecule has 0 atom stereocenters. The van der Waals surface area contributed by atoms with Crippen LogP contribution >= 0.6 is 23.1 Å². The van der Waals surface area contributed by atoms with Crippen LogP contribution in [0.3, 0.4) is 0 Å². The summed E-state index contributed by atoms with van der Waals surface area (Å²) in [5.74, 6) is 2.81. The maximum Gasteiger partial charge on any atom is 0.231 e. The van der Waals surface area contributed by atoms with Crippen molar-refractivity contribution in [1.82, 2.24) is 10.3 Å². The highest BCUT2D eigenvalue weighted by Crippen LogP contribution is 2.32. The summed E-state index contributed by atoms with van der Waals surface area (Å²) in [5, 5.41) is 4.02. The molecule has 0 unspecified atom stereocenters. The van der Waals surface area contributed by atoms with Crippen LogP contribution in [0.25, 0.3) is 10.2 Å². The number of fused-ring (bicyclic) bond motifs is 2. The van der Waals surface area contributed by atoms with Gasteiger partial charge < -0.3 is 14.8 Å². The van der Waals surface area contributed by atoms with E-state index in [0.717, 1.165) is 39.8 Å². The SMILES string of the molecule is O=C(CSCc1nc2ccccc2s1)NCCc1ccc2c(c1)OCO2. The normalized spacial score (nSPS) is 12.5. The zero-order valence-corrected chi connectivity index (χ0v) is 15.7. The van der Waals surface area contributed by atoms with E-state index >= 15 is 0 Å². The van der Waals surface area contributed by atoms with Crippen molar-refractivity contribution in [3.63, 3.8) is 0 Å². The number of para-hydroxylation sites is 1. The number of thiazole rings is 1. The van der Waals surface area contributed by atoms with Crippen LogP contribution in [0.4, 0.5) is 0 Å². The molecule has 1 aliphatic heterocycles. The molecule has 2 heterocycles. The van der Waals surface area contributed by atoms with Crippen LogP contribution in [0.15, 0.2) is 42.5 Å². The molecule has 134 valence electrons. The van der Waals surface area contributed by atoms with Crippen molar-refractivity contribution < 1.29 is 14.3 Å². The van der Waals surface area contributed by atoms with Gasteiger partial charge in [0.25, 0.3) is 0 Å². The highest BCUT2D eigenvalue weighted by molar-refractivity contribution is 7.99. The predicted octanol–water partition coefficient (Wildman–Crippen LogP) is 3.62. The van der Waals surface area contributed by atoms with Gasteiger partial charge in [-0.05, 0) is 36.2 Å². The fourth-order valence-corrected chi connectivity index (χ4v) is 4.58. The molecular formula is C19H18N2O3S2. The van der Waals surface area contributed by atoms with Crippen LogP contribution in [0.2, 0.25) is 0 Å². The summed E-state index contributed by atoms with van der Waals surface area (Å²) < 4.78 is 11.9. The molecule has 26 heavy (non-hydrogen) atoms. The Kier molecular flexibility index (Phi) is 5.26. The monoisotopic (exact) mass is 386 g/mol. The maximum absolute atomic E-state index is 12.0. The fraction of sp³-hybridized carbons (Fsp3) is 0.263. The Balaban J connectivity index is 1.18. The molecule has 4 rings (SSSR count). The Morgan fingerprint density at radius 2 is 2.08 bits per heavy atom. The molecule has 1 aliphatic rings. The number of rotatable bonds is 7. The quantitative estimate of drug-likeness (QED) is 0.672. The van der Waals surface area contributed by atoms with Crippen LogP contribution in [0.1, 0.15) is 10.6 Å². The topological polar surface area (TPSA) is 60.5 Å². The van der Waals surface area contributed by atoms with E-state index in [1.54, 1.807) is 23.1 Å². The lowest BCUT2D eigenvalue weighted by Crippen LogP contribution is -2.27. The second-order valence-electron chi connectivity index (χ2n) is 5.86. The first-order chi connectivity index (χ1) is 12.8. The number of hydrogen-bond acceptors (Lipinski definition) is 6. The van der Waals surface area contributed by atoms with Crippen LogP contribution in [0.5, 0.6) is 11.5 Å². The van der Waals surface area contributed by atoms with Crippen molar-refractivity contribution in [2.45, 2.75) is 12.2 Å². The molecule has 3 aromatic rings. The van der Waals surface area contributed by atoms with E-state index in [1.807, 2.05) is 36.4 Å². The first-order valence-corrected chi connectivity index (χ1v) is 10.3. The summed E-state index contributed by atoms with van der Waals surface area (Å²) >= 11 is 3.28. The predicted molar refractivity (Wildman–Crippen MR) is 105 cm³/mol. The van der Waals surface area contributed by atoms with Crippen molar-refractivity contribution in [2.24, 2.45) is 0 Å². The first-order valence-electron chi connectivity index (χ1n) is 8.35. The van der Waals surface area contributed by atoms with Gasteiger partial charge in [0.15, 0.2) is 11.5 Å². The molecule has 0 bridgehead atoms. The molecule has 0 saturated heterocycles. The fourth-order valence-electron chi connectivity index (χ4n) is 2.71. The third kappa shape index (κ3) is 4.11. The van der Waals surface area contributed by atoms with E-state index in [4.69, 9.17) is 9.47 Å². The van der Waals surface area contributed by atoms with Gasteiger partial charge >= 0.3 is 0 Å². The number of amides is 1. The Morgan fingerprint density at radius 3 is 3.00 bits per heavy atom. The lowest BCUT2D eigenvalue weighted by atomic mass is 10.1. The van der Waals surface area contributed by atoms with Gasteiger partial charge in [-0.3, -0.25) is 4.79 Å². The zero-order chi connectivity index (χ0) is 17.8. The molecule has 0 fully saturated rings. The number of thioether (sulfide) groups is 1. The summed E-state index contributed by atoms with van der Waals surface area (Å²) in [5.41, 5.74) is 2.15. The van der Waals surface area contributed by atoms with E-state index in [2.05, 4.69) is 16.4 Å². The smallest absolute Gasteiger partial charge is 0.231 e. The van der Waals surface area contributed by atoms with Gasteiger partial charge in [-0.15, -0.1) is 23.1 Å². The molecule has 1 amide bonds. The number of carbonyl (C=O) groups excluding carboxylic acids is 1. The van der Waals surface area contributed by atoms with Crippen molar-refractivity contribution in [1.29, 1.82) is 0 Å². The number of benzene rings is 2. The number of nitrogens with one attached hydrogen (secondary N) is 1. The van der Waals surface area contributed by atoms with E-state index in [-0.39, 0.29) is 12.7 Å². The summed E-state index contributed by atoms with van der Waals surface area (Å²) in [6.07, 6.45) is 0.769. The molecule has 0 spiro atoms. The van der Waals surface area contributed by atoms with Crippen LogP contribution in [-0.2, 0) is 17.0 Å². The third-order valence-electron chi connectivity index (χ3n) is 3.97. The molecule has 0 saturated carbocycles. The Labute approximate surface area is 159 Å². The van der Waals surface area contributed by atoms with Crippen molar-refractivity contribution in [3.05, 3.63) is 53.0 Å². The van der Waals surface area contributed by atoms with Gasteiger partial charge in [0.1, 0.15) is 5.01 Å². The second kappa shape index (κ2) is 7.97. The summed E-state index contributed by atoms with van der Waals surface area (Å²) in [6.45, 7) is 0.890. The van der Waals surface area contributed by atoms with E-state index in [9.17, 15) is 4.79 Å². The van der Waals surface area contributed by atoms with Crippen LogP contribution < -0.4 is 14.8 Å². The number of hydrogen-bond donors (Lipinski definition) is 1. The van der Waals surface area contributed by atoms with Crippen molar-refractivity contribution >= 4 is 39.2 Å². The van der Waals surface area contributed by atoms with Gasteiger partial charge in [0.05, 0.1) is 16.0 Å².